The number of nitrogens with zero attached hydrogens (tertiary/aromatic N) is 1. The highest BCUT2D eigenvalue weighted by molar-refractivity contribution is 7.92. The van der Waals surface area contributed by atoms with Gasteiger partial charge in [0.25, 0.3) is 10.0 Å². The lowest BCUT2D eigenvalue weighted by molar-refractivity contribution is 0.403. The van der Waals surface area contributed by atoms with Crippen LogP contribution in [0.3, 0.4) is 0 Å². The Bertz CT molecular complexity index is 697. The Balaban J connectivity index is 2.43. The van der Waals surface area contributed by atoms with Gasteiger partial charge in [0, 0.05) is 16.7 Å². The van der Waals surface area contributed by atoms with Crippen LogP contribution in [-0.2, 0) is 10.0 Å². The first-order valence-electron chi connectivity index (χ1n) is 5.30. The van der Waals surface area contributed by atoms with Crippen LogP contribution < -0.4 is 9.46 Å². The van der Waals surface area contributed by atoms with Crippen LogP contribution in [-0.4, -0.2) is 25.7 Å². The molecule has 19 heavy (non-hydrogen) atoms. The number of hydrogen-bond acceptors (Lipinski definition) is 4. The molecule has 1 heterocycles. The van der Waals surface area contributed by atoms with E-state index in [0.717, 1.165) is 0 Å². The molecule has 1 aromatic carbocycles. The van der Waals surface area contributed by atoms with Crippen molar-refractivity contribution in [3.05, 3.63) is 35.0 Å². The van der Waals surface area contributed by atoms with Crippen LogP contribution in [0.15, 0.2) is 29.3 Å². The van der Waals surface area contributed by atoms with E-state index < -0.39 is 10.0 Å². The van der Waals surface area contributed by atoms with Crippen molar-refractivity contribution in [2.45, 2.75) is 11.8 Å². The molecule has 6 nitrogen and oxygen atoms in total. The van der Waals surface area contributed by atoms with Crippen molar-refractivity contribution in [2.75, 3.05) is 11.8 Å². The lowest BCUT2D eigenvalue weighted by Crippen LogP contribution is -2.15. The monoisotopic (exact) mass is 301 g/mol. The number of aromatic amines is 1. The number of ether oxygens (including phenoxy) is 1. The Morgan fingerprint density at radius 1 is 1.42 bits per heavy atom. The molecular weight excluding hydrogens is 290 g/mol. The normalized spacial score (nSPS) is 11.3. The summed E-state index contributed by atoms with van der Waals surface area (Å²) in [6, 6.07) is 4.31. The molecule has 1 aromatic heterocycles. The van der Waals surface area contributed by atoms with Gasteiger partial charge < -0.3 is 4.74 Å². The number of halogens is 1. The molecule has 2 rings (SSSR count). The van der Waals surface area contributed by atoms with E-state index in [2.05, 4.69) is 14.9 Å². The summed E-state index contributed by atoms with van der Waals surface area (Å²) in [5, 5.41) is 6.72. The lowest BCUT2D eigenvalue weighted by Gasteiger charge is -2.11. The average molecular weight is 302 g/mol. The van der Waals surface area contributed by atoms with Gasteiger partial charge in [0.2, 0.25) is 0 Å². The van der Waals surface area contributed by atoms with E-state index in [-0.39, 0.29) is 10.6 Å². The summed E-state index contributed by atoms with van der Waals surface area (Å²) in [5.41, 5.74) is 0.691. The maximum Gasteiger partial charge on any atom is 0.266 e. The SMILES string of the molecule is COc1cc(Cl)ccc1S(=O)(=O)Nc1[nH]ncc1C. The summed E-state index contributed by atoms with van der Waals surface area (Å²) in [4.78, 5) is 0.00778. The number of hydrogen-bond donors (Lipinski definition) is 2. The third kappa shape index (κ3) is 2.82. The van der Waals surface area contributed by atoms with Crippen molar-refractivity contribution in [1.82, 2.24) is 10.2 Å². The van der Waals surface area contributed by atoms with Gasteiger partial charge in [-0.15, -0.1) is 0 Å². The first-order valence-corrected chi connectivity index (χ1v) is 7.16. The zero-order chi connectivity index (χ0) is 14.0. The molecule has 0 saturated heterocycles. The molecule has 0 bridgehead atoms. The van der Waals surface area contributed by atoms with Crippen LogP contribution in [0.4, 0.5) is 5.82 Å². The Kier molecular flexibility index (Phi) is 3.68. The minimum atomic E-state index is -3.77. The Morgan fingerprint density at radius 3 is 2.74 bits per heavy atom. The number of nitrogens with one attached hydrogen (secondary N) is 2. The second-order valence-corrected chi connectivity index (χ2v) is 5.92. The first-order chi connectivity index (χ1) is 8.94. The zero-order valence-corrected chi connectivity index (χ0v) is 11.8. The van der Waals surface area contributed by atoms with Crippen molar-refractivity contribution in [1.29, 1.82) is 0 Å². The molecule has 0 fully saturated rings. The average Bonchev–Trinajstić information content (AvgIpc) is 2.74. The van der Waals surface area contributed by atoms with Gasteiger partial charge in [0.1, 0.15) is 16.5 Å². The number of H-pyrrole nitrogens is 1. The molecule has 0 amide bonds. The van der Waals surface area contributed by atoms with Gasteiger partial charge in [-0.05, 0) is 19.1 Å². The molecule has 0 radical (unpaired) electrons. The fourth-order valence-corrected chi connectivity index (χ4v) is 2.90. The number of benzene rings is 1. The second-order valence-electron chi connectivity index (χ2n) is 3.83. The van der Waals surface area contributed by atoms with E-state index in [1.165, 1.54) is 31.5 Å². The van der Waals surface area contributed by atoms with Gasteiger partial charge in [0.05, 0.1) is 13.3 Å². The largest absolute Gasteiger partial charge is 0.495 e. The summed E-state index contributed by atoms with van der Waals surface area (Å²) in [6.07, 6.45) is 1.52. The molecule has 0 spiro atoms. The standard InChI is InChI=1S/C11H12ClN3O3S/c1-7-6-13-14-11(7)15-19(16,17)10-4-3-8(12)5-9(10)18-2/h3-6H,1-2H3,(H2,13,14,15). The molecule has 0 aliphatic carbocycles. The highest BCUT2D eigenvalue weighted by Gasteiger charge is 2.21. The Hall–Kier alpha value is -1.73. The highest BCUT2D eigenvalue weighted by Crippen LogP contribution is 2.28. The molecule has 2 aromatic rings. The predicted molar refractivity (Wildman–Crippen MR) is 72.1 cm³/mol. The van der Waals surface area contributed by atoms with Crippen LogP contribution in [0.25, 0.3) is 0 Å². The quantitative estimate of drug-likeness (QED) is 0.906. The van der Waals surface area contributed by atoms with Crippen molar-refractivity contribution in [3.63, 3.8) is 0 Å². The van der Waals surface area contributed by atoms with Crippen molar-refractivity contribution in [3.8, 4) is 5.75 Å². The zero-order valence-electron chi connectivity index (χ0n) is 10.3. The van der Waals surface area contributed by atoms with Crippen LogP contribution >= 0.6 is 11.6 Å². The number of sulfonamides is 1. The molecular formula is C11H12ClN3O3S. The van der Waals surface area contributed by atoms with E-state index >= 15 is 0 Å². The van der Waals surface area contributed by atoms with Gasteiger partial charge in [-0.1, -0.05) is 11.6 Å². The second kappa shape index (κ2) is 5.10. The number of aryl methyl sites for hydroxylation is 1. The van der Waals surface area contributed by atoms with Crippen molar-refractivity contribution >= 4 is 27.4 Å². The summed E-state index contributed by atoms with van der Waals surface area (Å²) in [7, 11) is -2.39. The van der Waals surface area contributed by atoms with Crippen LogP contribution in [0.1, 0.15) is 5.56 Å². The number of aromatic nitrogens is 2. The summed E-state index contributed by atoms with van der Waals surface area (Å²) >= 11 is 5.80. The topological polar surface area (TPSA) is 84.1 Å². The summed E-state index contributed by atoms with van der Waals surface area (Å²) < 4.78 is 32.0. The Morgan fingerprint density at radius 2 is 2.16 bits per heavy atom. The third-order valence-corrected chi connectivity index (χ3v) is 4.10. The third-order valence-electron chi connectivity index (χ3n) is 2.48. The maximum atomic E-state index is 12.3. The fourth-order valence-electron chi connectivity index (χ4n) is 1.50. The number of rotatable bonds is 4. The smallest absolute Gasteiger partial charge is 0.266 e. The highest BCUT2D eigenvalue weighted by atomic mass is 35.5. The molecule has 0 aliphatic rings. The number of anilines is 1. The summed E-state index contributed by atoms with van der Waals surface area (Å²) in [6.45, 7) is 1.74. The van der Waals surface area contributed by atoms with Crippen LogP contribution in [0, 0.1) is 6.92 Å². The van der Waals surface area contributed by atoms with E-state index in [0.29, 0.717) is 16.4 Å². The minimum Gasteiger partial charge on any atom is -0.495 e. The first kappa shape index (κ1) is 13.7. The molecule has 2 N–H and O–H groups in total. The van der Waals surface area contributed by atoms with Gasteiger partial charge >= 0.3 is 0 Å². The van der Waals surface area contributed by atoms with Crippen LogP contribution in [0.2, 0.25) is 5.02 Å². The Labute approximate surface area is 115 Å². The van der Waals surface area contributed by atoms with E-state index in [1.807, 2.05) is 0 Å². The maximum absolute atomic E-state index is 12.3. The van der Waals surface area contributed by atoms with Gasteiger partial charge in [-0.2, -0.15) is 5.10 Å². The fraction of sp³-hybridized carbons (Fsp3) is 0.182. The van der Waals surface area contributed by atoms with Crippen molar-refractivity contribution < 1.29 is 13.2 Å². The van der Waals surface area contributed by atoms with Gasteiger partial charge in [0.15, 0.2) is 0 Å². The van der Waals surface area contributed by atoms with E-state index in [4.69, 9.17) is 16.3 Å². The lowest BCUT2D eigenvalue weighted by atomic mass is 10.3. The van der Waals surface area contributed by atoms with Gasteiger partial charge in [-0.3, -0.25) is 9.82 Å². The summed E-state index contributed by atoms with van der Waals surface area (Å²) in [5.74, 6) is 0.495. The number of methoxy groups -OCH3 is 1. The molecule has 102 valence electrons. The minimum absolute atomic E-state index is 0.00778. The van der Waals surface area contributed by atoms with E-state index in [9.17, 15) is 8.42 Å². The molecule has 0 atom stereocenters. The molecule has 0 aliphatic heterocycles. The molecule has 8 heteroatoms. The van der Waals surface area contributed by atoms with Gasteiger partial charge in [-0.25, -0.2) is 8.42 Å². The van der Waals surface area contributed by atoms with Crippen LogP contribution in [0.5, 0.6) is 5.75 Å². The predicted octanol–water partition coefficient (Wildman–Crippen LogP) is 2.18. The van der Waals surface area contributed by atoms with E-state index in [1.54, 1.807) is 6.92 Å². The van der Waals surface area contributed by atoms with Crippen molar-refractivity contribution in [2.24, 2.45) is 0 Å². The molecule has 0 unspecified atom stereocenters. The molecule has 0 saturated carbocycles.